The molecule has 124 valence electrons. The molecule has 2 aromatic carbocycles. The van der Waals surface area contributed by atoms with Crippen molar-refractivity contribution in [3.8, 4) is 5.75 Å². The molecule has 4 nitrogen and oxygen atoms in total. The Kier molecular flexibility index (Phi) is 6.12. The summed E-state index contributed by atoms with van der Waals surface area (Å²) in [6.07, 6.45) is 1.43. The van der Waals surface area contributed by atoms with E-state index in [4.69, 9.17) is 4.74 Å². The van der Waals surface area contributed by atoms with Crippen LogP contribution in [0, 0.1) is 5.82 Å². The molecule has 0 saturated heterocycles. The number of nitrogens with one attached hydrogen (secondary N) is 1. The molecular weight excluding hydrogens is 317 g/mol. The van der Waals surface area contributed by atoms with E-state index >= 15 is 0 Å². The van der Waals surface area contributed by atoms with Crippen molar-refractivity contribution in [2.45, 2.75) is 18.6 Å². The summed E-state index contributed by atoms with van der Waals surface area (Å²) in [5.74, 6) is -0.0576. The minimum Gasteiger partial charge on any atom is -0.497 e. The first-order chi connectivity index (χ1) is 11.0. The summed E-state index contributed by atoms with van der Waals surface area (Å²) in [5, 5.41) is 0. The molecule has 23 heavy (non-hydrogen) atoms. The maximum Gasteiger partial charge on any atom is 0.215 e. The summed E-state index contributed by atoms with van der Waals surface area (Å²) in [7, 11) is -1.92. The molecule has 0 fully saturated rings. The SMILES string of the molecule is COc1ccc(CCCNS(=O)(=O)Cc2ccccc2F)cc1. The van der Waals surface area contributed by atoms with Crippen molar-refractivity contribution in [1.29, 1.82) is 0 Å². The molecule has 0 amide bonds. The van der Waals surface area contributed by atoms with Crippen LogP contribution >= 0.6 is 0 Å². The number of methoxy groups -OCH3 is 1. The van der Waals surface area contributed by atoms with Crippen LogP contribution in [-0.4, -0.2) is 22.1 Å². The molecule has 0 aliphatic heterocycles. The van der Waals surface area contributed by atoms with Crippen molar-refractivity contribution >= 4 is 10.0 Å². The third-order valence-electron chi connectivity index (χ3n) is 3.43. The monoisotopic (exact) mass is 337 g/mol. The zero-order valence-electron chi connectivity index (χ0n) is 13.0. The van der Waals surface area contributed by atoms with Crippen LogP contribution < -0.4 is 9.46 Å². The van der Waals surface area contributed by atoms with E-state index in [0.29, 0.717) is 13.0 Å². The van der Waals surface area contributed by atoms with Gasteiger partial charge in [-0.15, -0.1) is 0 Å². The van der Waals surface area contributed by atoms with Crippen LogP contribution in [-0.2, 0) is 22.2 Å². The Morgan fingerprint density at radius 3 is 2.43 bits per heavy atom. The number of hydrogen-bond acceptors (Lipinski definition) is 3. The third kappa shape index (κ3) is 5.65. The van der Waals surface area contributed by atoms with Crippen LogP contribution in [0.2, 0.25) is 0 Å². The lowest BCUT2D eigenvalue weighted by molar-refractivity contribution is 0.414. The van der Waals surface area contributed by atoms with Crippen LogP contribution in [0.15, 0.2) is 48.5 Å². The second-order valence-electron chi connectivity index (χ2n) is 5.20. The number of hydrogen-bond donors (Lipinski definition) is 1. The van der Waals surface area contributed by atoms with Crippen LogP contribution in [0.1, 0.15) is 17.5 Å². The fourth-order valence-corrected chi connectivity index (χ4v) is 3.38. The van der Waals surface area contributed by atoms with Crippen LogP contribution in [0.25, 0.3) is 0 Å². The van der Waals surface area contributed by atoms with Gasteiger partial charge in [-0.05, 0) is 36.6 Å². The van der Waals surface area contributed by atoms with E-state index in [2.05, 4.69) is 4.72 Å². The lowest BCUT2D eigenvalue weighted by atomic mass is 10.1. The summed E-state index contributed by atoms with van der Waals surface area (Å²) in [6.45, 7) is 0.322. The van der Waals surface area contributed by atoms with Gasteiger partial charge >= 0.3 is 0 Å². The molecule has 1 N–H and O–H groups in total. The maximum atomic E-state index is 13.5. The number of sulfonamides is 1. The summed E-state index contributed by atoms with van der Waals surface area (Å²) >= 11 is 0. The normalized spacial score (nSPS) is 11.4. The highest BCUT2D eigenvalue weighted by Crippen LogP contribution is 2.13. The number of aryl methyl sites for hydroxylation is 1. The number of benzene rings is 2. The van der Waals surface area contributed by atoms with E-state index in [-0.39, 0.29) is 11.3 Å². The van der Waals surface area contributed by atoms with Gasteiger partial charge in [0.25, 0.3) is 0 Å². The van der Waals surface area contributed by atoms with Gasteiger partial charge < -0.3 is 4.74 Å². The zero-order valence-corrected chi connectivity index (χ0v) is 13.8. The Balaban J connectivity index is 1.79. The number of ether oxygens (including phenoxy) is 1. The first-order valence-electron chi connectivity index (χ1n) is 7.34. The molecule has 2 rings (SSSR count). The average Bonchev–Trinajstić information content (AvgIpc) is 2.54. The fourth-order valence-electron chi connectivity index (χ4n) is 2.18. The van der Waals surface area contributed by atoms with Crippen molar-refractivity contribution in [3.63, 3.8) is 0 Å². The van der Waals surface area contributed by atoms with Crippen molar-refractivity contribution in [2.75, 3.05) is 13.7 Å². The van der Waals surface area contributed by atoms with Gasteiger partial charge in [0.15, 0.2) is 0 Å². The quantitative estimate of drug-likeness (QED) is 0.754. The molecule has 0 aromatic heterocycles. The molecule has 0 saturated carbocycles. The van der Waals surface area contributed by atoms with Gasteiger partial charge in [0.1, 0.15) is 11.6 Å². The minimum atomic E-state index is -3.53. The van der Waals surface area contributed by atoms with Gasteiger partial charge in [0.05, 0.1) is 12.9 Å². The fraction of sp³-hybridized carbons (Fsp3) is 0.294. The van der Waals surface area contributed by atoms with Gasteiger partial charge in [0, 0.05) is 12.1 Å². The van der Waals surface area contributed by atoms with Crippen molar-refractivity contribution in [3.05, 3.63) is 65.5 Å². The first-order valence-corrected chi connectivity index (χ1v) is 8.99. The van der Waals surface area contributed by atoms with E-state index < -0.39 is 15.8 Å². The summed E-state index contributed by atoms with van der Waals surface area (Å²) in [5.41, 5.74) is 1.29. The molecular formula is C17H20FNO3S. The average molecular weight is 337 g/mol. The molecule has 0 heterocycles. The van der Waals surface area contributed by atoms with E-state index in [1.807, 2.05) is 24.3 Å². The topological polar surface area (TPSA) is 55.4 Å². The summed E-state index contributed by atoms with van der Waals surface area (Å²) < 4.78 is 45.0. The Hall–Kier alpha value is -1.92. The standard InChI is InChI=1S/C17H20FNO3S/c1-22-16-10-8-14(9-11-16)5-4-12-19-23(20,21)13-15-6-2-3-7-17(15)18/h2-3,6-11,19H,4-5,12-13H2,1H3. The second kappa shape index (κ2) is 8.08. The summed E-state index contributed by atoms with van der Waals surface area (Å²) in [4.78, 5) is 0. The molecule has 0 spiro atoms. The number of halogens is 1. The molecule has 0 radical (unpaired) electrons. The van der Waals surface area contributed by atoms with E-state index in [1.165, 1.54) is 18.2 Å². The Morgan fingerprint density at radius 1 is 1.09 bits per heavy atom. The first kappa shape index (κ1) is 17.4. The Labute approximate surface area is 136 Å². The zero-order chi connectivity index (χ0) is 16.7. The predicted octanol–water partition coefficient (Wildman–Crippen LogP) is 2.89. The van der Waals surface area contributed by atoms with E-state index in [1.54, 1.807) is 13.2 Å². The Morgan fingerprint density at radius 2 is 1.78 bits per heavy atom. The van der Waals surface area contributed by atoms with Gasteiger partial charge in [-0.3, -0.25) is 0 Å². The molecule has 0 aliphatic carbocycles. The van der Waals surface area contributed by atoms with Crippen LogP contribution in [0.5, 0.6) is 5.75 Å². The smallest absolute Gasteiger partial charge is 0.215 e. The highest BCUT2D eigenvalue weighted by molar-refractivity contribution is 7.88. The lowest BCUT2D eigenvalue weighted by Crippen LogP contribution is -2.26. The summed E-state index contributed by atoms with van der Waals surface area (Å²) in [6, 6.07) is 13.5. The van der Waals surface area contributed by atoms with E-state index in [9.17, 15) is 12.8 Å². The third-order valence-corrected chi connectivity index (χ3v) is 4.76. The maximum absolute atomic E-state index is 13.5. The van der Waals surface area contributed by atoms with Crippen molar-refractivity contribution in [1.82, 2.24) is 4.72 Å². The molecule has 0 atom stereocenters. The van der Waals surface area contributed by atoms with Crippen LogP contribution in [0.3, 0.4) is 0 Å². The van der Waals surface area contributed by atoms with Crippen LogP contribution in [0.4, 0.5) is 4.39 Å². The van der Waals surface area contributed by atoms with Gasteiger partial charge in [0.2, 0.25) is 10.0 Å². The highest BCUT2D eigenvalue weighted by atomic mass is 32.2. The Bertz CT molecular complexity index is 730. The lowest BCUT2D eigenvalue weighted by Gasteiger charge is -2.08. The second-order valence-corrected chi connectivity index (χ2v) is 7.00. The number of rotatable bonds is 8. The van der Waals surface area contributed by atoms with Crippen molar-refractivity contribution in [2.24, 2.45) is 0 Å². The molecule has 6 heteroatoms. The molecule has 0 aliphatic rings. The predicted molar refractivity (Wildman–Crippen MR) is 88.3 cm³/mol. The largest absolute Gasteiger partial charge is 0.497 e. The minimum absolute atomic E-state index is 0.176. The van der Waals surface area contributed by atoms with Gasteiger partial charge in [-0.1, -0.05) is 30.3 Å². The van der Waals surface area contributed by atoms with Crippen molar-refractivity contribution < 1.29 is 17.5 Å². The van der Waals surface area contributed by atoms with Gasteiger partial charge in [-0.2, -0.15) is 0 Å². The van der Waals surface area contributed by atoms with E-state index in [0.717, 1.165) is 17.7 Å². The molecule has 0 unspecified atom stereocenters. The highest BCUT2D eigenvalue weighted by Gasteiger charge is 2.13. The molecule has 2 aromatic rings. The van der Waals surface area contributed by atoms with Gasteiger partial charge in [-0.25, -0.2) is 17.5 Å². The molecule has 0 bridgehead atoms.